The number of aliphatic carboxylic acids is 1. The number of nitrogens with zero attached hydrogens (tertiary/aromatic N) is 3. The molecule has 35 heavy (non-hydrogen) atoms. The van der Waals surface area contributed by atoms with E-state index in [2.05, 4.69) is 39.7 Å². The first-order valence-electron chi connectivity index (χ1n) is 13.0. The molecule has 7 N–H and O–H groups in total. The molecule has 0 aromatic rings. The van der Waals surface area contributed by atoms with Gasteiger partial charge in [-0.2, -0.15) is 5.11 Å². The molecule has 0 bridgehead atoms. The highest BCUT2D eigenvalue weighted by molar-refractivity contribution is 5.90. The van der Waals surface area contributed by atoms with Crippen LogP contribution in [0.25, 0.3) is 0 Å². The number of guanidine groups is 1. The van der Waals surface area contributed by atoms with E-state index >= 15 is 0 Å². The van der Waals surface area contributed by atoms with Gasteiger partial charge in [-0.3, -0.25) is 9.79 Å². The lowest BCUT2D eigenvalue weighted by molar-refractivity contribution is -0.142. The molecule has 2 saturated carbocycles. The number of carbonyl (C=O) groups is 3. The molecule has 2 aliphatic rings. The van der Waals surface area contributed by atoms with Crippen molar-refractivity contribution in [1.29, 1.82) is 0 Å². The van der Waals surface area contributed by atoms with Crippen LogP contribution < -0.4 is 22.1 Å². The van der Waals surface area contributed by atoms with Crippen molar-refractivity contribution >= 4 is 23.9 Å². The van der Waals surface area contributed by atoms with Gasteiger partial charge in [0.2, 0.25) is 5.91 Å². The van der Waals surface area contributed by atoms with Crippen LogP contribution in [0.2, 0.25) is 0 Å². The molecule has 0 aromatic heterocycles. The molecule has 0 spiro atoms. The maximum Gasteiger partial charge on any atom is 0.359 e. The van der Waals surface area contributed by atoms with Crippen molar-refractivity contribution in [2.24, 2.45) is 44.4 Å². The van der Waals surface area contributed by atoms with E-state index < -0.39 is 30.0 Å². The Balaban J connectivity index is 2.02. The van der Waals surface area contributed by atoms with Gasteiger partial charge < -0.3 is 27.2 Å². The molecule has 5 unspecified atom stereocenters. The second-order valence-corrected chi connectivity index (χ2v) is 10.1. The quantitative estimate of drug-likeness (QED) is 0.127. The Kier molecular flexibility index (Phi) is 11.9. The van der Waals surface area contributed by atoms with Crippen LogP contribution in [0.1, 0.15) is 84.5 Å². The molecule has 2 rings (SSSR count). The Morgan fingerprint density at radius 3 is 2.34 bits per heavy atom. The van der Waals surface area contributed by atoms with Crippen LogP contribution >= 0.6 is 0 Å². The fourth-order valence-corrected chi connectivity index (χ4v) is 5.04. The third kappa shape index (κ3) is 10.2. The lowest BCUT2D eigenvalue weighted by Crippen LogP contribution is -2.51. The molecule has 0 saturated heterocycles. The number of hydrogen-bond donors (Lipinski definition) is 5. The number of carbonyl (C=O) groups excluding carboxylic acids is 2. The van der Waals surface area contributed by atoms with E-state index in [1.807, 2.05) is 0 Å². The summed E-state index contributed by atoms with van der Waals surface area (Å²) in [6.45, 7) is 4.58. The number of nitrogens with two attached hydrogens (primary N) is 2. The van der Waals surface area contributed by atoms with Gasteiger partial charge in [0.25, 0.3) is 0 Å². The van der Waals surface area contributed by atoms with Crippen LogP contribution in [0, 0.1) is 17.8 Å². The van der Waals surface area contributed by atoms with Gasteiger partial charge in [-0.25, -0.2) is 9.59 Å². The first-order valence-corrected chi connectivity index (χ1v) is 13.0. The maximum absolute atomic E-state index is 13.1. The van der Waals surface area contributed by atoms with Crippen molar-refractivity contribution < 1.29 is 19.5 Å². The van der Waals surface area contributed by atoms with E-state index in [0.717, 1.165) is 44.9 Å². The maximum atomic E-state index is 13.1. The van der Waals surface area contributed by atoms with Gasteiger partial charge >= 0.3 is 12.0 Å². The molecule has 11 heteroatoms. The number of carboxylic acid groups (broad SMARTS) is 1. The summed E-state index contributed by atoms with van der Waals surface area (Å²) in [6, 6.07) is -2.64. The molecule has 0 radical (unpaired) electrons. The number of aliphatic imine (C=N–C) groups is 1. The summed E-state index contributed by atoms with van der Waals surface area (Å²) >= 11 is 0. The van der Waals surface area contributed by atoms with Crippen LogP contribution in [0.3, 0.4) is 0 Å². The molecule has 3 amide bonds. The number of amides is 3. The molecule has 5 atom stereocenters. The smallest absolute Gasteiger partial charge is 0.359 e. The lowest BCUT2D eigenvalue weighted by Gasteiger charge is -2.30. The number of rotatable bonds is 11. The van der Waals surface area contributed by atoms with E-state index in [0.29, 0.717) is 30.6 Å². The summed E-state index contributed by atoms with van der Waals surface area (Å²) in [7, 11) is 0. The number of hydrogen-bond acceptors (Lipinski definition) is 5. The Morgan fingerprint density at radius 2 is 1.69 bits per heavy atom. The Bertz CT molecular complexity index is 763. The summed E-state index contributed by atoms with van der Waals surface area (Å²) < 4.78 is 0. The molecular weight excluding hydrogens is 450 g/mol. The summed E-state index contributed by atoms with van der Waals surface area (Å²) in [5.74, 6) is -0.570. The third-order valence-electron chi connectivity index (χ3n) is 7.43. The summed E-state index contributed by atoms with van der Waals surface area (Å²) in [5.41, 5.74) is 10.6. The van der Waals surface area contributed by atoms with Crippen LogP contribution in [0.15, 0.2) is 15.2 Å². The fraction of sp³-hybridized carbons (Fsp3) is 0.833. The largest absolute Gasteiger partial charge is 0.480 e. The highest BCUT2D eigenvalue weighted by Gasteiger charge is 2.30. The third-order valence-corrected chi connectivity index (χ3v) is 7.43. The minimum Gasteiger partial charge on any atom is -0.480 e. The zero-order valence-electron chi connectivity index (χ0n) is 21.1. The Morgan fingerprint density at radius 1 is 0.971 bits per heavy atom. The second-order valence-electron chi connectivity index (χ2n) is 10.1. The van der Waals surface area contributed by atoms with Crippen molar-refractivity contribution in [3.05, 3.63) is 0 Å². The van der Waals surface area contributed by atoms with Crippen LogP contribution in [-0.2, 0) is 9.59 Å². The van der Waals surface area contributed by atoms with Gasteiger partial charge in [0.1, 0.15) is 12.1 Å². The van der Waals surface area contributed by atoms with Crippen LogP contribution in [0.5, 0.6) is 0 Å². The van der Waals surface area contributed by atoms with Crippen molar-refractivity contribution in [2.45, 2.75) is 103 Å². The van der Waals surface area contributed by atoms with E-state index in [9.17, 15) is 19.5 Å². The topological polar surface area (TPSA) is 185 Å². The highest BCUT2D eigenvalue weighted by atomic mass is 16.4. The average molecular weight is 494 g/mol. The normalized spacial score (nSPS) is 24.9. The summed E-state index contributed by atoms with van der Waals surface area (Å²) in [4.78, 5) is 41.3. The van der Waals surface area contributed by atoms with Crippen LogP contribution in [-0.4, -0.2) is 53.6 Å². The van der Waals surface area contributed by atoms with Gasteiger partial charge in [-0.05, 0) is 43.4 Å². The molecule has 0 aromatic carbocycles. The standard InChI is InChI=1S/C24H43N7O4/c1-15-8-6-11-18(16(15)2)30-31-24(35)29-20(14-17-9-4-3-5-10-17)21(32)28-19(22(33)34)12-7-13-27-23(25)26/h15-20H,3-14H2,1-2H3,(H,28,32)(H,29,35)(H,33,34)(H4,25,26,27). The van der Waals surface area contributed by atoms with E-state index in [-0.39, 0.29) is 25.0 Å². The number of azo groups is 1. The number of nitrogens with one attached hydrogen (secondary N) is 2. The molecule has 0 heterocycles. The SMILES string of the molecule is CC1CCCC(N=NC(=O)NC(CC2CCCCC2)C(=O)NC(CCCN=C(N)N)C(=O)O)C1C. The Hall–Kier alpha value is -2.72. The molecule has 11 nitrogen and oxygen atoms in total. The molecule has 2 fully saturated rings. The molecule has 198 valence electrons. The summed E-state index contributed by atoms with van der Waals surface area (Å²) in [5, 5.41) is 23.0. The zero-order chi connectivity index (χ0) is 25.8. The monoisotopic (exact) mass is 493 g/mol. The van der Waals surface area contributed by atoms with E-state index in [1.54, 1.807) is 0 Å². The van der Waals surface area contributed by atoms with Crippen LogP contribution in [0.4, 0.5) is 4.79 Å². The van der Waals surface area contributed by atoms with E-state index in [1.165, 1.54) is 6.42 Å². The van der Waals surface area contributed by atoms with Gasteiger partial charge in [-0.1, -0.05) is 63.9 Å². The first-order chi connectivity index (χ1) is 16.7. The minimum absolute atomic E-state index is 0.00303. The molecular formula is C24H43N7O4. The van der Waals surface area contributed by atoms with E-state index in [4.69, 9.17) is 11.5 Å². The molecule has 0 aliphatic heterocycles. The number of urea groups is 1. The van der Waals surface area contributed by atoms with Gasteiger partial charge in [-0.15, -0.1) is 0 Å². The zero-order valence-corrected chi connectivity index (χ0v) is 21.1. The minimum atomic E-state index is -1.15. The fourth-order valence-electron chi connectivity index (χ4n) is 5.04. The van der Waals surface area contributed by atoms with Gasteiger partial charge in [0.05, 0.1) is 6.04 Å². The summed E-state index contributed by atoms with van der Waals surface area (Å²) in [6.07, 6.45) is 9.43. The lowest BCUT2D eigenvalue weighted by atomic mass is 9.78. The Labute approximate surface area is 208 Å². The van der Waals surface area contributed by atoms with Gasteiger partial charge in [0, 0.05) is 6.54 Å². The van der Waals surface area contributed by atoms with Crippen molar-refractivity contribution in [3.63, 3.8) is 0 Å². The second kappa shape index (κ2) is 14.6. The first kappa shape index (κ1) is 28.5. The van der Waals surface area contributed by atoms with Crippen molar-refractivity contribution in [2.75, 3.05) is 6.54 Å². The highest BCUT2D eigenvalue weighted by Crippen LogP contribution is 2.31. The predicted molar refractivity (Wildman–Crippen MR) is 134 cm³/mol. The number of carboxylic acids is 1. The molecule has 2 aliphatic carbocycles. The average Bonchev–Trinajstić information content (AvgIpc) is 2.81. The van der Waals surface area contributed by atoms with Crippen molar-refractivity contribution in [1.82, 2.24) is 10.6 Å². The predicted octanol–water partition coefficient (Wildman–Crippen LogP) is 2.93. The van der Waals surface area contributed by atoms with Gasteiger partial charge in [0.15, 0.2) is 5.96 Å². The van der Waals surface area contributed by atoms with Crippen molar-refractivity contribution in [3.8, 4) is 0 Å².